The fraction of sp³-hybridized carbons (Fsp3) is 0.714. The lowest BCUT2D eigenvalue weighted by Crippen LogP contribution is -2.38. The summed E-state index contributed by atoms with van der Waals surface area (Å²) in [6, 6.07) is 4.35. The first-order valence-electron chi connectivity index (χ1n) is 6.48. The Kier molecular flexibility index (Phi) is 5.07. The van der Waals surface area contributed by atoms with Crippen molar-refractivity contribution in [1.29, 1.82) is 0 Å². The molecule has 2 heteroatoms. The topological polar surface area (TPSA) is 17.0 Å². The van der Waals surface area contributed by atoms with Gasteiger partial charge in [0.1, 0.15) is 0 Å². The van der Waals surface area contributed by atoms with Gasteiger partial charge in [0, 0.05) is 30.5 Å². The Morgan fingerprint density at radius 3 is 2.62 bits per heavy atom. The summed E-state index contributed by atoms with van der Waals surface area (Å²) < 4.78 is 2.34. The van der Waals surface area contributed by atoms with Crippen LogP contribution in [0.15, 0.2) is 18.3 Å². The van der Waals surface area contributed by atoms with E-state index in [1.54, 1.807) is 0 Å². The number of hydrogen-bond acceptors (Lipinski definition) is 1. The third-order valence-electron chi connectivity index (χ3n) is 3.01. The van der Waals surface area contributed by atoms with E-state index in [1.807, 2.05) is 0 Å². The highest BCUT2D eigenvalue weighted by atomic mass is 15.0. The maximum atomic E-state index is 3.64. The van der Waals surface area contributed by atoms with Gasteiger partial charge in [0.05, 0.1) is 0 Å². The maximum absolute atomic E-state index is 3.64. The Morgan fingerprint density at radius 1 is 1.25 bits per heavy atom. The minimum absolute atomic E-state index is 0.246. The number of rotatable bonds is 7. The maximum Gasteiger partial charge on any atom is 0.0363 e. The number of aryl methyl sites for hydroxylation is 1. The SMILES string of the molecule is CCCn1cccc1CNC(C)(C)CCC. The van der Waals surface area contributed by atoms with Gasteiger partial charge in [-0.1, -0.05) is 20.3 Å². The van der Waals surface area contributed by atoms with Gasteiger partial charge in [-0.15, -0.1) is 0 Å². The van der Waals surface area contributed by atoms with Gasteiger partial charge >= 0.3 is 0 Å². The summed E-state index contributed by atoms with van der Waals surface area (Å²) in [5.74, 6) is 0. The lowest BCUT2D eigenvalue weighted by Gasteiger charge is -2.26. The van der Waals surface area contributed by atoms with Gasteiger partial charge in [-0.3, -0.25) is 0 Å². The minimum Gasteiger partial charge on any atom is -0.350 e. The zero-order valence-electron chi connectivity index (χ0n) is 11.2. The van der Waals surface area contributed by atoms with Crippen LogP contribution in [0.5, 0.6) is 0 Å². The van der Waals surface area contributed by atoms with Crippen molar-refractivity contribution < 1.29 is 0 Å². The van der Waals surface area contributed by atoms with Gasteiger partial charge in [-0.25, -0.2) is 0 Å². The molecule has 0 bridgehead atoms. The summed E-state index contributed by atoms with van der Waals surface area (Å²) >= 11 is 0. The van der Waals surface area contributed by atoms with E-state index < -0.39 is 0 Å². The van der Waals surface area contributed by atoms with Crippen LogP contribution >= 0.6 is 0 Å². The summed E-state index contributed by atoms with van der Waals surface area (Å²) in [5.41, 5.74) is 1.64. The van der Waals surface area contributed by atoms with Crippen molar-refractivity contribution in [1.82, 2.24) is 9.88 Å². The molecule has 0 fully saturated rings. The monoisotopic (exact) mass is 222 g/mol. The molecule has 0 amide bonds. The fourth-order valence-corrected chi connectivity index (χ4v) is 2.11. The molecule has 0 saturated carbocycles. The molecule has 1 aromatic rings. The van der Waals surface area contributed by atoms with Gasteiger partial charge in [-0.05, 0) is 38.8 Å². The molecule has 0 aromatic carbocycles. The van der Waals surface area contributed by atoms with Crippen molar-refractivity contribution in [2.24, 2.45) is 0 Å². The van der Waals surface area contributed by atoms with Crippen LogP contribution in [0, 0.1) is 0 Å². The van der Waals surface area contributed by atoms with Crippen molar-refractivity contribution in [2.45, 2.75) is 65.6 Å². The Labute approximate surface area is 100 Å². The molecule has 0 saturated heterocycles. The van der Waals surface area contributed by atoms with Gasteiger partial charge in [0.15, 0.2) is 0 Å². The van der Waals surface area contributed by atoms with Crippen LogP contribution in [0.4, 0.5) is 0 Å². The number of hydrogen-bond donors (Lipinski definition) is 1. The Bertz CT molecular complexity index is 299. The minimum atomic E-state index is 0.246. The van der Waals surface area contributed by atoms with Crippen molar-refractivity contribution in [3.8, 4) is 0 Å². The van der Waals surface area contributed by atoms with Gasteiger partial charge in [0.25, 0.3) is 0 Å². The molecular formula is C14H26N2. The number of aromatic nitrogens is 1. The molecule has 0 aliphatic rings. The molecule has 0 radical (unpaired) electrons. The van der Waals surface area contributed by atoms with Crippen molar-refractivity contribution in [2.75, 3.05) is 0 Å². The van der Waals surface area contributed by atoms with E-state index in [1.165, 1.54) is 25.0 Å². The highest BCUT2D eigenvalue weighted by molar-refractivity contribution is 5.07. The smallest absolute Gasteiger partial charge is 0.0363 e. The first-order valence-corrected chi connectivity index (χ1v) is 6.48. The summed E-state index contributed by atoms with van der Waals surface area (Å²) in [4.78, 5) is 0. The molecule has 92 valence electrons. The molecule has 0 aliphatic carbocycles. The Morgan fingerprint density at radius 2 is 2.00 bits per heavy atom. The standard InChI is InChI=1S/C14H26N2/c1-5-9-14(3,4)15-12-13-8-7-11-16(13)10-6-2/h7-8,11,15H,5-6,9-10,12H2,1-4H3. The van der Waals surface area contributed by atoms with Crippen LogP contribution in [-0.4, -0.2) is 10.1 Å². The lowest BCUT2D eigenvalue weighted by molar-refractivity contribution is 0.352. The molecule has 1 rings (SSSR count). The van der Waals surface area contributed by atoms with Crippen LogP contribution in [0.1, 0.15) is 52.7 Å². The second kappa shape index (κ2) is 6.09. The molecule has 1 aromatic heterocycles. The highest BCUT2D eigenvalue weighted by Gasteiger charge is 2.15. The molecule has 1 N–H and O–H groups in total. The van der Waals surface area contributed by atoms with Gasteiger partial charge < -0.3 is 9.88 Å². The first-order chi connectivity index (χ1) is 7.59. The Balaban J connectivity index is 2.50. The zero-order chi connectivity index (χ0) is 12.0. The summed E-state index contributed by atoms with van der Waals surface area (Å²) in [5, 5.41) is 3.64. The summed E-state index contributed by atoms with van der Waals surface area (Å²) in [7, 11) is 0. The molecule has 0 spiro atoms. The zero-order valence-corrected chi connectivity index (χ0v) is 11.2. The largest absolute Gasteiger partial charge is 0.350 e. The number of nitrogens with one attached hydrogen (secondary N) is 1. The van der Waals surface area contributed by atoms with Crippen molar-refractivity contribution >= 4 is 0 Å². The van der Waals surface area contributed by atoms with Crippen LogP contribution in [0.25, 0.3) is 0 Å². The fourth-order valence-electron chi connectivity index (χ4n) is 2.11. The van der Waals surface area contributed by atoms with Crippen molar-refractivity contribution in [3.63, 3.8) is 0 Å². The van der Waals surface area contributed by atoms with E-state index in [9.17, 15) is 0 Å². The van der Waals surface area contributed by atoms with Crippen LogP contribution in [-0.2, 0) is 13.1 Å². The predicted molar refractivity (Wildman–Crippen MR) is 70.5 cm³/mol. The average molecular weight is 222 g/mol. The van der Waals surface area contributed by atoms with Gasteiger partial charge in [0.2, 0.25) is 0 Å². The molecule has 1 heterocycles. The molecular weight excluding hydrogens is 196 g/mol. The second-order valence-corrected chi connectivity index (χ2v) is 5.18. The van der Waals surface area contributed by atoms with E-state index in [4.69, 9.17) is 0 Å². The third-order valence-corrected chi connectivity index (χ3v) is 3.01. The molecule has 0 atom stereocenters. The van der Waals surface area contributed by atoms with Crippen molar-refractivity contribution in [3.05, 3.63) is 24.0 Å². The van der Waals surface area contributed by atoms with E-state index in [0.717, 1.165) is 13.1 Å². The van der Waals surface area contributed by atoms with Crippen LogP contribution < -0.4 is 5.32 Å². The summed E-state index contributed by atoms with van der Waals surface area (Å²) in [6.07, 6.45) is 5.82. The highest BCUT2D eigenvalue weighted by Crippen LogP contribution is 2.12. The lowest BCUT2D eigenvalue weighted by atomic mass is 9.99. The van der Waals surface area contributed by atoms with E-state index >= 15 is 0 Å². The normalized spacial score (nSPS) is 12.0. The quantitative estimate of drug-likeness (QED) is 0.746. The molecule has 2 nitrogen and oxygen atoms in total. The van der Waals surface area contributed by atoms with Crippen LogP contribution in [0.3, 0.4) is 0 Å². The Hall–Kier alpha value is -0.760. The van der Waals surface area contributed by atoms with E-state index in [2.05, 4.69) is 55.9 Å². The van der Waals surface area contributed by atoms with E-state index in [0.29, 0.717) is 0 Å². The third kappa shape index (κ3) is 4.01. The summed E-state index contributed by atoms with van der Waals surface area (Å²) in [6.45, 7) is 11.1. The van der Waals surface area contributed by atoms with Crippen LogP contribution in [0.2, 0.25) is 0 Å². The predicted octanol–water partition coefficient (Wildman–Crippen LogP) is 3.57. The van der Waals surface area contributed by atoms with Gasteiger partial charge in [-0.2, -0.15) is 0 Å². The number of nitrogens with zero attached hydrogens (tertiary/aromatic N) is 1. The molecule has 16 heavy (non-hydrogen) atoms. The first kappa shape index (κ1) is 13.3. The molecule has 0 unspecified atom stereocenters. The van der Waals surface area contributed by atoms with E-state index in [-0.39, 0.29) is 5.54 Å². The molecule has 0 aliphatic heterocycles. The average Bonchev–Trinajstić information content (AvgIpc) is 2.63. The second-order valence-electron chi connectivity index (χ2n) is 5.18.